The minimum Gasteiger partial charge on any atom is -0.761 e. The summed E-state index contributed by atoms with van der Waals surface area (Å²) >= 11 is 1.42. The lowest BCUT2D eigenvalue weighted by molar-refractivity contribution is 0.0601. The highest BCUT2D eigenvalue weighted by atomic mass is 32.1. The van der Waals surface area contributed by atoms with Crippen LogP contribution >= 0.6 is 11.3 Å². The third kappa shape index (κ3) is 3.80. The van der Waals surface area contributed by atoms with Gasteiger partial charge in [-0.15, -0.1) is 11.3 Å². The monoisotopic (exact) mass is 419 g/mol. The number of nitrogens with one attached hydrogen (secondary N) is 1. The molecule has 0 bridgehead atoms. The predicted octanol–water partition coefficient (Wildman–Crippen LogP) is 5.98. The van der Waals surface area contributed by atoms with Crippen LogP contribution in [-0.4, -0.2) is 18.1 Å². The molecule has 0 aliphatic heterocycles. The third-order valence-corrected chi connectivity index (χ3v) is 5.53. The van der Waals surface area contributed by atoms with Gasteiger partial charge >= 0.3 is 5.97 Å². The number of anilines is 1. The molecule has 1 aromatic heterocycles. The molecule has 0 saturated carbocycles. The summed E-state index contributed by atoms with van der Waals surface area (Å²) in [4.78, 5) is 17.1. The van der Waals surface area contributed by atoms with Gasteiger partial charge in [0.25, 0.3) is 0 Å². The van der Waals surface area contributed by atoms with E-state index < -0.39 is 5.97 Å². The maximum absolute atomic E-state index is 13.2. The number of methoxy groups -OCH3 is 1. The van der Waals surface area contributed by atoms with E-state index in [1.54, 1.807) is 48.5 Å². The summed E-state index contributed by atoms with van der Waals surface area (Å²) in [5.41, 5.74) is 6.06. The normalized spacial score (nSPS) is 10.6. The van der Waals surface area contributed by atoms with E-state index >= 15 is 0 Å². The number of para-hydroxylation sites is 1. The Bertz CT molecular complexity index is 1210. The first-order chi connectivity index (χ1) is 14.6. The van der Waals surface area contributed by atoms with Crippen molar-refractivity contribution in [3.63, 3.8) is 0 Å². The lowest BCUT2D eigenvalue weighted by Crippen LogP contribution is -2.05. The van der Waals surface area contributed by atoms with E-state index in [4.69, 9.17) is 4.74 Å². The minimum atomic E-state index is -0.511. The van der Waals surface area contributed by atoms with Crippen LogP contribution < -0.4 is 5.48 Å². The number of nitrogens with zero attached hydrogens (tertiary/aromatic N) is 1. The second kappa shape index (κ2) is 8.44. The Kier molecular flexibility index (Phi) is 5.56. The van der Waals surface area contributed by atoms with Crippen LogP contribution in [0.5, 0.6) is 0 Å². The Morgan fingerprint density at radius 2 is 1.77 bits per heavy atom. The average Bonchev–Trinajstić information content (AvgIpc) is 3.29. The predicted molar refractivity (Wildman–Crippen MR) is 117 cm³/mol. The standard InChI is InChI=1S/C23H16FN2O3S/c1-29-23(27)19-12-15(8-11-17(19)18-4-2-3-5-20(18)26-28)22-25-21(13-30-22)14-6-9-16(24)10-7-14/h2-13,26H,1H3/q-1. The molecule has 30 heavy (non-hydrogen) atoms. The molecule has 1 N–H and O–H groups in total. The van der Waals surface area contributed by atoms with Gasteiger partial charge in [-0.25, -0.2) is 14.2 Å². The highest BCUT2D eigenvalue weighted by molar-refractivity contribution is 7.13. The number of hydrogen-bond donors (Lipinski definition) is 1. The summed E-state index contributed by atoms with van der Waals surface area (Å²) in [7, 11) is 1.31. The van der Waals surface area contributed by atoms with Crippen molar-refractivity contribution in [1.29, 1.82) is 0 Å². The molecular formula is C23H16FN2O3S-. The molecule has 4 rings (SSSR count). The number of aromatic nitrogens is 1. The number of ether oxygens (including phenoxy) is 1. The molecule has 4 aromatic rings. The molecule has 0 atom stereocenters. The fourth-order valence-electron chi connectivity index (χ4n) is 3.16. The number of halogens is 1. The van der Waals surface area contributed by atoms with Gasteiger partial charge in [0.2, 0.25) is 0 Å². The average molecular weight is 419 g/mol. The molecule has 150 valence electrons. The van der Waals surface area contributed by atoms with Crippen molar-refractivity contribution in [2.45, 2.75) is 0 Å². The number of esters is 1. The number of hydrogen-bond acceptors (Lipinski definition) is 6. The second-order valence-electron chi connectivity index (χ2n) is 6.44. The van der Waals surface area contributed by atoms with Crippen molar-refractivity contribution in [2.75, 3.05) is 12.6 Å². The summed E-state index contributed by atoms with van der Waals surface area (Å²) in [6, 6.07) is 18.4. The molecule has 3 aromatic carbocycles. The Labute approximate surface area is 176 Å². The van der Waals surface area contributed by atoms with Crippen LogP contribution in [0.4, 0.5) is 10.1 Å². The van der Waals surface area contributed by atoms with Gasteiger partial charge in [-0.3, -0.25) is 0 Å². The van der Waals surface area contributed by atoms with Crippen LogP contribution in [0.3, 0.4) is 0 Å². The minimum absolute atomic E-state index is 0.305. The van der Waals surface area contributed by atoms with Crippen LogP contribution in [0, 0.1) is 11.0 Å². The maximum atomic E-state index is 13.2. The van der Waals surface area contributed by atoms with Crippen molar-refractivity contribution in [3.05, 3.63) is 88.7 Å². The highest BCUT2D eigenvalue weighted by Gasteiger charge is 2.18. The van der Waals surface area contributed by atoms with E-state index in [0.717, 1.165) is 16.8 Å². The molecule has 0 aliphatic carbocycles. The van der Waals surface area contributed by atoms with Crippen LogP contribution in [-0.2, 0) is 4.74 Å². The summed E-state index contributed by atoms with van der Waals surface area (Å²) < 4.78 is 18.1. The second-order valence-corrected chi connectivity index (χ2v) is 7.30. The molecule has 0 spiro atoms. The zero-order valence-electron chi connectivity index (χ0n) is 15.9. The fourth-order valence-corrected chi connectivity index (χ4v) is 3.98. The van der Waals surface area contributed by atoms with Gasteiger partial charge in [0, 0.05) is 27.8 Å². The summed E-state index contributed by atoms with van der Waals surface area (Å²) in [5.74, 6) is -0.816. The Morgan fingerprint density at radius 3 is 2.50 bits per heavy atom. The number of benzene rings is 3. The molecule has 7 heteroatoms. The smallest absolute Gasteiger partial charge is 0.338 e. The van der Waals surface area contributed by atoms with Crippen LogP contribution in [0.1, 0.15) is 10.4 Å². The Hall–Kier alpha value is -3.55. The zero-order valence-corrected chi connectivity index (χ0v) is 16.7. The van der Waals surface area contributed by atoms with Gasteiger partial charge < -0.3 is 15.4 Å². The molecule has 0 saturated heterocycles. The third-order valence-electron chi connectivity index (χ3n) is 4.64. The van der Waals surface area contributed by atoms with Gasteiger partial charge in [0.15, 0.2) is 0 Å². The lowest BCUT2D eigenvalue weighted by Gasteiger charge is -2.17. The van der Waals surface area contributed by atoms with Gasteiger partial charge in [-0.1, -0.05) is 30.3 Å². The van der Waals surface area contributed by atoms with Gasteiger partial charge in [-0.2, -0.15) is 0 Å². The van der Waals surface area contributed by atoms with E-state index in [-0.39, 0.29) is 5.82 Å². The number of carbonyl (C=O) groups is 1. The SMILES string of the molecule is COC(=O)c1cc(-c2nc(-c3ccc(F)cc3)cs2)ccc1-c1ccccc1N[O-]. The molecule has 5 nitrogen and oxygen atoms in total. The number of thiazole rings is 1. The van der Waals surface area contributed by atoms with Crippen molar-refractivity contribution in [1.82, 2.24) is 4.98 Å². The van der Waals surface area contributed by atoms with Crippen molar-refractivity contribution < 1.29 is 13.9 Å². The van der Waals surface area contributed by atoms with Gasteiger partial charge in [0.1, 0.15) is 10.8 Å². The summed E-state index contributed by atoms with van der Waals surface area (Å²) in [6.07, 6.45) is 0. The molecule has 0 radical (unpaired) electrons. The van der Waals surface area contributed by atoms with Crippen LogP contribution in [0.15, 0.2) is 72.1 Å². The largest absolute Gasteiger partial charge is 0.761 e. The zero-order chi connectivity index (χ0) is 21.1. The molecule has 0 aliphatic rings. The van der Waals surface area contributed by atoms with E-state index in [2.05, 4.69) is 4.98 Å². The topological polar surface area (TPSA) is 74.3 Å². The van der Waals surface area contributed by atoms with E-state index in [0.29, 0.717) is 27.4 Å². The molecule has 1 heterocycles. The number of carbonyl (C=O) groups excluding carboxylic acids is 1. The first kappa shape index (κ1) is 19.8. The van der Waals surface area contributed by atoms with Crippen LogP contribution in [0.25, 0.3) is 33.0 Å². The van der Waals surface area contributed by atoms with E-state index in [1.165, 1.54) is 30.6 Å². The van der Waals surface area contributed by atoms with Crippen LogP contribution in [0.2, 0.25) is 0 Å². The molecule has 0 fully saturated rings. The highest BCUT2D eigenvalue weighted by Crippen LogP contribution is 2.35. The molecule has 0 unspecified atom stereocenters. The maximum Gasteiger partial charge on any atom is 0.338 e. The quantitative estimate of drug-likeness (QED) is 0.318. The molecule has 0 amide bonds. The van der Waals surface area contributed by atoms with E-state index in [9.17, 15) is 14.4 Å². The van der Waals surface area contributed by atoms with Gasteiger partial charge in [0.05, 0.1) is 18.4 Å². The first-order valence-corrected chi connectivity index (χ1v) is 9.90. The fraction of sp³-hybridized carbons (Fsp3) is 0.0435. The Morgan fingerprint density at radius 1 is 1.03 bits per heavy atom. The Balaban J connectivity index is 1.77. The van der Waals surface area contributed by atoms with Gasteiger partial charge in [-0.05, 0) is 42.0 Å². The van der Waals surface area contributed by atoms with Crippen molar-refractivity contribution in [3.8, 4) is 33.0 Å². The van der Waals surface area contributed by atoms with Crippen molar-refractivity contribution >= 4 is 23.0 Å². The summed E-state index contributed by atoms with van der Waals surface area (Å²) in [6.45, 7) is 0. The summed E-state index contributed by atoms with van der Waals surface area (Å²) in [5, 5.41) is 13.9. The lowest BCUT2D eigenvalue weighted by atomic mass is 9.96. The first-order valence-electron chi connectivity index (χ1n) is 9.02. The molecular weight excluding hydrogens is 403 g/mol. The van der Waals surface area contributed by atoms with Crippen molar-refractivity contribution in [2.24, 2.45) is 0 Å². The number of rotatable bonds is 5. The van der Waals surface area contributed by atoms with E-state index in [1.807, 2.05) is 16.9 Å².